The average molecular weight is 407 g/mol. The predicted molar refractivity (Wildman–Crippen MR) is 111 cm³/mol. The first-order valence-corrected chi connectivity index (χ1v) is 10.1. The zero-order chi connectivity index (χ0) is 21.1. The van der Waals surface area contributed by atoms with Gasteiger partial charge in [0, 0.05) is 18.2 Å². The largest absolute Gasteiger partial charge is 0.374 e. The van der Waals surface area contributed by atoms with E-state index >= 15 is 0 Å². The van der Waals surface area contributed by atoms with Crippen LogP contribution in [0.1, 0.15) is 27.9 Å². The third-order valence-electron chi connectivity index (χ3n) is 5.55. The Kier molecular flexibility index (Phi) is 5.81. The Bertz CT molecular complexity index is 929. The monoisotopic (exact) mass is 407 g/mol. The topological polar surface area (TPSA) is 87.7 Å². The van der Waals surface area contributed by atoms with E-state index in [0.717, 1.165) is 11.1 Å². The number of fused-ring (bicyclic) bond motifs is 1. The van der Waals surface area contributed by atoms with Crippen LogP contribution in [0.3, 0.4) is 0 Å². The van der Waals surface area contributed by atoms with Crippen molar-refractivity contribution in [2.45, 2.75) is 38.1 Å². The Labute approximate surface area is 175 Å². The molecule has 2 N–H and O–H groups in total. The van der Waals surface area contributed by atoms with Crippen LogP contribution in [-0.2, 0) is 20.9 Å². The predicted octanol–water partition coefficient (Wildman–Crippen LogP) is 1.41. The maximum atomic E-state index is 12.9. The molecule has 30 heavy (non-hydrogen) atoms. The quantitative estimate of drug-likeness (QED) is 0.758. The Morgan fingerprint density at radius 2 is 1.87 bits per heavy atom. The molecule has 2 fully saturated rings. The number of nitrogens with one attached hydrogen (secondary N) is 2. The van der Waals surface area contributed by atoms with Gasteiger partial charge in [0.1, 0.15) is 12.1 Å². The number of ether oxygens (including phenoxy) is 1. The highest BCUT2D eigenvalue weighted by molar-refractivity contribution is 5.98. The molecule has 2 saturated heterocycles. The highest BCUT2D eigenvalue weighted by Gasteiger charge is 2.46. The zero-order valence-electron chi connectivity index (χ0n) is 16.8. The Morgan fingerprint density at radius 3 is 2.60 bits per heavy atom. The standard InChI is InChI=1S/C23H25N3O4/c1-15-7-9-17(10-8-15)21(27)24-18-11-20-22(28)25-19(23(29)26(20)12-18)14-30-13-16-5-3-2-4-6-16/h2-10,18-20H,11-14H2,1H3,(H,24,27)(H,25,28)/t18-,19-,20-/m0/s1. The number of amides is 3. The van der Waals surface area contributed by atoms with Gasteiger partial charge in [0.25, 0.3) is 5.91 Å². The summed E-state index contributed by atoms with van der Waals surface area (Å²) in [5.74, 6) is -0.565. The van der Waals surface area contributed by atoms with Crippen molar-refractivity contribution < 1.29 is 19.1 Å². The summed E-state index contributed by atoms with van der Waals surface area (Å²) < 4.78 is 5.65. The van der Waals surface area contributed by atoms with Gasteiger partial charge in [-0.3, -0.25) is 14.4 Å². The smallest absolute Gasteiger partial charge is 0.251 e. The average Bonchev–Trinajstić information content (AvgIpc) is 3.17. The van der Waals surface area contributed by atoms with E-state index in [1.807, 2.05) is 49.4 Å². The van der Waals surface area contributed by atoms with Crippen LogP contribution < -0.4 is 10.6 Å². The molecule has 3 amide bonds. The van der Waals surface area contributed by atoms with Gasteiger partial charge in [-0.25, -0.2) is 0 Å². The molecular weight excluding hydrogens is 382 g/mol. The van der Waals surface area contributed by atoms with Crippen molar-refractivity contribution in [2.75, 3.05) is 13.2 Å². The van der Waals surface area contributed by atoms with Crippen LogP contribution in [0.4, 0.5) is 0 Å². The number of hydrogen-bond acceptors (Lipinski definition) is 4. The summed E-state index contributed by atoms with van der Waals surface area (Å²) in [5, 5.41) is 5.72. The van der Waals surface area contributed by atoms with Crippen molar-refractivity contribution in [2.24, 2.45) is 0 Å². The molecule has 0 aliphatic carbocycles. The second-order valence-electron chi connectivity index (χ2n) is 7.84. The lowest BCUT2D eigenvalue weighted by atomic mass is 10.1. The minimum Gasteiger partial charge on any atom is -0.374 e. The molecule has 4 rings (SSSR count). The zero-order valence-corrected chi connectivity index (χ0v) is 16.8. The van der Waals surface area contributed by atoms with Crippen LogP contribution in [0.2, 0.25) is 0 Å². The molecule has 7 heteroatoms. The fraction of sp³-hybridized carbons (Fsp3) is 0.348. The van der Waals surface area contributed by atoms with Gasteiger partial charge in [-0.15, -0.1) is 0 Å². The first kappa shape index (κ1) is 20.1. The molecule has 0 aromatic heterocycles. The van der Waals surface area contributed by atoms with Crippen LogP contribution in [0.5, 0.6) is 0 Å². The molecule has 0 spiro atoms. The third kappa shape index (κ3) is 4.36. The van der Waals surface area contributed by atoms with Gasteiger partial charge in [0.15, 0.2) is 0 Å². The lowest BCUT2D eigenvalue weighted by Gasteiger charge is -2.34. The van der Waals surface area contributed by atoms with E-state index in [0.29, 0.717) is 25.1 Å². The molecule has 0 saturated carbocycles. The van der Waals surface area contributed by atoms with Crippen molar-refractivity contribution in [3.05, 3.63) is 71.3 Å². The van der Waals surface area contributed by atoms with Gasteiger partial charge in [0.05, 0.1) is 13.2 Å². The number of rotatable bonds is 6. The maximum absolute atomic E-state index is 12.9. The van der Waals surface area contributed by atoms with Crippen LogP contribution in [-0.4, -0.2) is 53.9 Å². The Morgan fingerprint density at radius 1 is 1.13 bits per heavy atom. The molecule has 156 valence electrons. The van der Waals surface area contributed by atoms with Gasteiger partial charge < -0.3 is 20.3 Å². The third-order valence-corrected chi connectivity index (χ3v) is 5.55. The van der Waals surface area contributed by atoms with E-state index in [9.17, 15) is 14.4 Å². The van der Waals surface area contributed by atoms with Crippen molar-refractivity contribution in [3.63, 3.8) is 0 Å². The van der Waals surface area contributed by atoms with Crippen molar-refractivity contribution in [1.82, 2.24) is 15.5 Å². The highest BCUT2D eigenvalue weighted by Crippen LogP contribution is 2.23. The summed E-state index contributed by atoms with van der Waals surface area (Å²) in [7, 11) is 0. The van der Waals surface area contributed by atoms with Crippen LogP contribution >= 0.6 is 0 Å². The van der Waals surface area contributed by atoms with Crippen LogP contribution in [0.25, 0.3) is 0 Å². The number of carbonyl (C=O) groups excluding carboxylic acids is 3. The summed E-state index contributed by atoms with van der Waals surface area (Å²) in [4.78, 5) is 39.4. The summed E-state index contributed by atoms with van der Waals surface area (Å²) in [6.45, 7) is 2.77. The van der Waals surface area contributed by atoms with Crippen molar-refractivity contribution in [1.29, 1.82) is 0 Å². The van der Waals surface area contributed by atoms with E-state index in [-0.39, 0.29) is 30.4 Å². The maximum Gasteiger partial charge on any atom is 0.251 e. The van der Waals surface area contributed by atoms with Gasteiger partial charge in [-0.05, 0) is 31.0 Å². The molecule has 2 aliphatic rings. The molecule has 2 heterocycles. The molecule has 2 aliphatic heterocycles. The minimum absolute atomic E-state index is 0.114. The Balaban J connectivity index is 1.33. The van der Waals surface area contributed by atoms with Gasteiger partial charge in [0.2, 0.25) is 11.8 Å². The molecule has 3 atom stereocenters. The van der Waals surface area contributed by atoms with E-state index < -0.39 is 12.1 Å². The van der Waals surface area contributed by atoms with Gasteiger partial charge in [-0.1, -0.05) is 48.0 Å². The first-order chi connectivity index (χ1) is 14.5. The van der Waals surface area contributed by atoms with Gasteiger partial charge in [-0.2, -0.15) is 0 Å². The highest BCUT2D eigenvalue weighted by atomic mass is 16.5. The van der Waals surface area contributed by atoms with E-state index in [1.54, 1.807) is 17.0 Å². The van der Waals surface area contributed by atoms with E-state index in [4.69, 9.17) is 4.74 Å². The molecule has 2 aromatic carbocycles. The molecule has 0 bridgehead atoms. The number of aryl methyl sites for hydroxylation is 1. The summed E-state index contributed by atoms with van der Waals surface area (Å²) >= 11 is 0. The van der Waals surface area contributed by atoms with Crippen molar-refractivity contribution >= 4 is 17.7 Å². The molecule has 2 aromatic rings. The molecule has 7 nitrogen and oxygen atoms in total. The second-order valence-corrected chi connectivity index (χ2v) is 7.84. The second kappa shape index (κ2) is 8.67. The normalized spacial score (nSPS) is 23.1. The Hall–Kier alpha value is -3.19. The summed E-state index contributed by atoms with van der Waals surface area (Å²) in [6.07, 6.45) is 0.409. The summed E-state index contributed by atoms with van der Waals surface area (Å²) in [6, 6.07) is 15.4. The molecular formula is C23H25N3O4. The number of benzene rings is 2. The molecule has 0 radical (unpaired) electrons. The number of nitrogens with zero attached hydrogens (tertiary/aromatic N) is 1. The van der Waals surface area contributed by atoms with Crippen LogP contribution in [0.15, 0.2) is 54.6 Å². The van der Waals surface area contributed by atoms with E-state index in [2.05, 4.69) is 10.6 Å². The lowest BCUT2D eigenvalue weighted by Crippen LogP contribution is -2.62. The van der Waals surface area contributed by atoms with Crippen molar-refractivity contribution in [3.8, 4) is 0 Å². The SMILES string of the molecule is Cc1ccc(C(=O)N[C@H]2C[C@H]3C(=O)N[C@@H](COCc4ccccc4)C(=O)N3C2)cc1. The minimum atomic E-state index is -0.705. The van der Waals surface area contributed by atoms with Crippen LogP contribution in [0, 0.1) is 6.92 Å². The van der Waals surface area contributed by atoms with Gasteiger partial charge >= 0.3 is 0 Å². The fourth-order valence-electron chi connectivity index (χ4n) is 3.92. The van der Waals surface area contributed by atoms with E-state index in [1.165, 1.54) is 0 Å². The molecule has 0 unspecified atom stereocenters. The number of hydrogen-bond donors (Lipinski definition) is 2. The fourth-order valence-corrected chi connectivity index (χ4v) is 3.92. The number of piperazine rings is 1. The summed E-state index contributed by atoms with van der Waals surface area (Å²) in [5.41, 5.74) is 2.64. The number of carbonyl (C=O) groups is 3. The lowest BCUT2D eigenvalue weighted by molar-refractivity contribution is -0.148. The first-order valence-electron chi connectivity index (χ1n) is 10.1.